The third-order valence-electron chi connectivity index (χ3n) is 5.50. The minimum Gasteiger partial charge on any atom is -0.463 e. The molecule has 146 valence electrons. The Morgan fingerprint density at radius 1 is 1.10 bits per heavy atom. The standard InChI is InChI=1S/C21H18N4O2S2/c1-14(2)27-17(26)16-18(3)13-28-21(29-18,15-7-5-4-6-8-15)20(11-24,12-25)19(16,9-22)10-23/h4-8,14,16H,13H2,1-3H3/t16-,18-,21+/m1/s1. The number of hydrogen-bond acceptors (Lipinski definition) is 8. The second-order valence-corrected chi connectivity index (χ2v) is 10.8. The second-order valence-electron chi connectivity index (χ2n) is 7.61. The SMILES string of the molecule is CC(C)OC(=O)[C@H]1C(C#N)(C#N)C(C#N)(C#N)[C@@]2(c3ccccc3)SC[C@@]1(C)S2. The number of nitrogens with zero attached hydrogens (tertiary/aromatic N) is 4. The largest absolute Gasteiger partial charge is 0.463 e. The first kappa shape index (κ1) is 21.1. The van der Waals surface area contributed by atoms with E-state index >= 15 is 0 Å². The molecule has 0 aliphatic carbocycles. The van der Waals surface area contributed by atoms with Crippen molar-refractivity contribution in [2.45, 2.75) is 35.7 Å². The van der Waals surface area contributed by atoms with Crippen LogP contribution < -0.4 is 0 Å². The molecule has 0 N–H and O–H groups in total. The molecular formula is C21H18N4O2S2. The summed E-state index contributed by atoms with van der Waals surface area (Å²) in [5, 5.41) is 41.1. The van der Waals surface area contributed by atoms with Gasteiger partial charge in [-0.15, -0.1) is 23.5 Å². The van der Waals surface area contributed by atoms with Crippen LogP contribution in [-0.4, -0.2) is 22.6 Å². The molecule has 0 aromatic heterocycles. The van der Waals surface area contributed by atoms with Crippen LogP contribution in [0.1, 0.15) is 26.3 Å². The van der Waals surface area contributed by atoms with Gasteiger partial charge in [0.25, 0.3) is 0 Å². The summed E-state index contributed by atoms with van der Waals surface area (Å²) >= 11 is 2.67. The van der Waals surface area contributed by atoms with Gasteiger partial charge < -0.3 is 4.74 Å². The number of fused-ring (bicyclic) bond motifs is 2. The van der Waals surface area contributed by atoms with E-state index in [0.717, 1.165) is 0 Å². The van der Waals surface area contributed by atoms with E-state index in [-0.39, 0.29) is 0 Å². The van der Waals surface area contributed by atoms with Gasteiger partial charge in [0.2, 0.25) is 5.41 Å². The van der Waals surface area contributed by atoms with E-state index < -0.39 is 37.6 Å². The van der Waals surface area contributed by atoms with Gasteiger partial charge in [0.05, 0.1) is 30.4 Å². The fourth-order valence-electron chi connectivity index (χ4n) is 4.31. The van der Waals surface area contributed by atoms with Crippen molar-refractivity contribution in [3.63, 3.8) is 0 Å². The predicted molar refractivity (Wildman–Crippen MR) is 109 cm³/mol. The van der Waals surface area contributed by atoms with Crippen LogP contribution >= 0.6 is 23.5 Å². The fourth-order valence-corrected chi connectivity index (χ4v) is 8.84. The average molecular weight is 423 g/mol. The van der Waals surface area contributed by atoms with Crippen LogP contribution in [0, 0.1) is 62.1 Å². The molecule has 2 aliphatic heterocycles. The predicted octanol–water partition coefficient (Wildman–Crippen LogP) is 3.73. The van der Waals surface area contributed by atoms with Crippen LogP contribution in [0.5, 0.6) is 0 Å². The normalized spacial score (nSPS) is 31.0. The van der Waals surface area contributed by atoms with Crippen molar-refractivity contribution in [1.82, 2.24) is 0 Å². The summed E-state index contributed by atoms with van der Waals surface area (Å²) in [6.45, 7) is 5.16. The van der Waals surface area contributed by atoms with Crippen LogP contribution in [0.4, 0.5) is 0 Å². The second kappa shape index (κ2) is 7.00. The Kier molecular flexibility index (Phi) is 5.08. The molecule has 2 saturated heterocycles. The summed E-state index contributed by atoms with van der Waals surface area (Å²) in [5.41, 5.74) is -3.61. The molecule has 8 heteroatoms. The summed E-state index contributed by atoms with van der Waals surface area (Å²) in [5.74, 6) is -1.58. The van der Waals surface area contributed by atoms with Crippen molar-refractivity contribution >= 4 is 29.5 Å². The number of carbonyl (C=O) groups excluding carboxylic acids is 1. The monoisotopic (exact) mass is 422 g/mol. The molecule has 0 amide bonds. The van der Waals surface area contributed by atoms with Crippen LogP contribution in [0.25, 0.3) is 0 Å². The summed E-state index contributed by atoms with van der Waals surface area (Å²) in [7, 11) is 0. The third-order valence-corrected chi connectivity index (χ3v) is 9.65. The van der Waals surface area contributed by atoms with Crippen molar-refractivity contribution in [1.29, 1.82) is 21.0 Å². The third kappa shape index (κ3) is 2.50. The topological polar surface area (TPSA) is 121 Å². The zero-order chi connectivity index (χ0) is 21.5. The van der Waals surface area contributed by atoms with Crippen molar-refractivity contribution in [3.05, 3.63) is 35.9 Å². The van der Waals surface area contributed by atoms with E-state index in [1.807, 2.05) is 37.3 Å². The lowest BCUT2D eigenvalue weighted by Gasteiger charge is -2.53. The number of benzene rings is 1. The lowest BCUT2D eigenvalue weighted by Crippen LogP contribution is -2.63. The lowest BCUT2D eigenvalue weighted by atomic mass is 9.54. The van der Waals surface area contributed by atoms with Gasteiger partial charge in [-0.05, 0) is 26.3 Å². The molecule has 6 nitrogen and oxygen atoms in total. The Morgan fingerprint density at radius 2 is 1.69 bits per heavy atom. The van der Waals surface area contributed by atoms with Crippen molar-refractivity contribution in [3.8, 4) is 24.3 Å². The molecule has 2 bridgehead atoms. The zero-order valence-corrected chi connectivity index (χ0v) is 17.8. The molecule has 3 rings (SSSR count). The molecular weight excluding hydrogens is 404 g/mol. The maximum Gasteiger partial charge on any atom is 0.313 e. The van der Waals surface area contributed by atoms with Crippen LogP contribution in [-0.2, 0) is 13.6 Å². The smallest absolute Gasteiger partial charge is 0.313 e. The first-order valence-electron chi connectivity index (χ1n) is 8.97. The maximum atomic E-state index is 13.1. The van der Waals surface area contributed by atoms with Gasteiger partial charge in [-0.3, -0.25) is 4.79 Å². The Hall–Kier alpha value is -2.65. The Labute approximate surface area is 178 Å². The van der Waals surface area contributed by atoms with Gasteiger partial charge in [0.15, 0.2) is 5.41 Å². The van der Waals surface area contributed by atoms with Crippen LogP contribution in [0.15, 0.2) is 30.3 Å². The molecule has 0 spiro atoms. The van der Waals surface area contributed by atoms with Crippen molar-refractivity contribution < 1.29 is 9.53 Å². The number of carbonyl (C=O) groups is 1. The highest BCUT2D eigenvalue weighted by atomic mass is 32.2. The van der Waals surface area contributed by atoms with Crippen molar-refractivity contribution in [2.24, 2.45) is 16.7 Å². The highest BCUT2D eigenvalue weighted by Gasteiger charge is 2.82. The number of nitriles is 4. The van der Waals surface area contributed by atoms with Gasteiger partial charge in [0, 0.05) is 10.5 Å². The number of thioether (sulfide) groups is 2. The Balaban J connectivity index is 2.39. The highest BCUT2D eigenvalue weighted by molar-refractivity contribution is 8.21. The molecule has 2 heterocycles. The number of ether oxygens (including phenoxy) is 1. The molecule has 0 radical (unpaired) electrons. The molecule has 2 aliphatic rings. The molecule has 2 fully saturated rings. The van der Waals surface area contributed by atoms with Gasteiger partial charge in [0.1, 0.15) is 10.00 Å². The van der Waals surface area contributed by atoms with E-state index in [0.29, 0.717) is 11.3 Å². The van der Waals surface area contributed by atoms with Crippen LogP contribution in [0.2, 0.25) is 0 Å². The Morgan fingerprint density at radius 3 is 2.17 bits per heavy atom. The van der Waals surface area contributed by atoms with E-state index in [1.54, 1.807) is 38.1 Å². The maximum absolute atomic E-state index is 13.1. The minimum absolute atomic E-state index is 0.390. The molecule has 3 atom stereocenters. The van der Waals surface area contributed by atoms with Gasteiger partial charge in [-0.2, -0.15) is 21.0 Å². The van der Waals surface area contributed by atoms with Gasteiger partial charge in [-0.25, -0.2) is 0 Å². The van der Waals surface area contributed by atoms with E-state index in [1.165, 1.54) is 23.5 Å². The number of esters is 1. The van der Waals surface area contributed by atoms with E-state index in [2.05, 4.69) is 0 Å². The molecule has 0 unspecified atom stereocenters. The van der Waals surface area contributed by atoms with Crippen LogP contribution in [0.3, 0.4) is 0 Å². The molecule has 0 saturated carbocycles. The highest BCUT2D eigenvalue weighted by Crippen LogP contribution is 2.78. The van der Waals surface area contributed by atoms with Gasteiger partial charge in [-0.1, -0.05) is 30.3 Å². The molecule has 29 heavy (non-hydrogen) atoms. The molecule has 1 aromatic rings. The Bertz CT molecular complexity index is 986. The number of hydrogen-bond donors (Lipinski definition) is 0. The summed E-state index contributed by atoms with van der Waals surface area (Å²) < 4.78 is 3.35. The van der Waals surface area contributed by atoms with E-state index in [9.17, 15) is 25.8 Å². The fraction of sp³-hybridized carbons (Fsp3) is 0.476. The number of rotatable bonds is 3. The summed E-state index contributed by atoms with van der Waals surface area (Å²) in [6.07, 6.45) is -0.459. The average Bonchev–Trinajstić information content (AvgIpc) is 3.04. The zero-order valence-electron chi connectivity index (χ0n) is 16.2. The molecule has 1 aromatic carbocycles. The quantitative estimate of drug-likeness (QED) is 0.675. The van der Waals surface area contributed by atoms with Gasteiger partial charge >= 0.3 is 5.97 Å². The van der Waals surface area contributed by atoms with Crippen molar-refractivity contribution in [2.75, 3.05) is 5.75 Å². The first-order valence-corrected chi connectivity index (χ1v) is 10.8. The summed E-state index contributed by atoms with van der Waals surface area (Å²) in [4.78, 5) is 13.1. The summed E-state index contributed by atoms with van der Waals surface area (Å²) in [6, 6.07) is 16.9. The first-order chi connectivity index (χ1) is 13.7. The minimum atomic E-state index is -2.19. The lowest BCUT2D eigenvalue weighted by molar-refractivity contribution is -0.158. The van der Waals surface area contributed by atoms with E-state index in [4.69, 9.17) is 4.74 Å².